The number of hydrogen-bond donors (Lipinski definition) is 2. The highest BCUT2D eigenvalue weighted by Gasteiger charge is 2.22. The highest BCUT2D eigenvalue weighted by Crippen LogP contribution is 2.27. The van der Waals surface area contributed by atoms with Gasteiger partial charge in [-0.3, -0.25) is 4.79 Å². The van der Waals surface area contributed by atoms with Crippen LogP contribution >= 0.6 is 0 Å². The van der Waals surface area contributed by atoms with E-state index in [4.69, 9.17) is 4.74 Å². The van der Waals surface area contributed by atoms with Gasteiger partial charge < -0.3 is 19.8 Å². The lowest BCUT2D eigenvalue weighted by Gasteiger charge is -2.29. The zero-order valence-electron chi connectivity index (χ0n) is 10.3. The van der Waals surface area contributed by atoms with Crippen LogP contribution in [0.25, 0.3) is 0 Å². The van der Waals surface area contributed by atoms with E-state index in [2.05, 4.69) is 0 Å². The number of hydrogen-bond acceptors (Lipinski definition) is 4. The SMILES string of the molecule is COc1ccc(C(=O)N2CCC(O)CC2)cc1O. The van der Waals surface area contributed by atoms with Gasteiger partial charge in [0.05, 0.1) is 13.2 Å². The summed E-state index contributed by atoms with van der Waals surface area (Å²) in [4.78, 5) is 13.8. The fourth-order valence-corrected chi connectivity index (χ4v) is 2.07. The number of likely N-dealkylation sites (tertiary alicyclic amines) is 1. The predicted octanol–water partition coefficient (Wildman–Crippen LogP) is 0.998. The number of ether oxygens (including phenoxy) is 1. The molecule has 1 heterocycles. The average molecular weight is 251 g/mol. The number of phenolic OH excluding ortho intramolecular Hbond substituents is 1. The maximum absolute atomic E-state index is 12.2. The number of aliphatic hydroxyl groups is 1. The van der Waals surface area contributed by atoms with Crippen molar-refractivity contribution in [1.29, 1.82) is 0 Å². The van der Waals surface area contributed by atoms with Gasteiger partial charge in [0.25, 0.3) is 5.91 Å². The van der Waals surface area contributed by atoms with Gasteiger partial charge in [-0.1, -0.05) is 0 Å². The Morgan fingerprint density at radius 3 is 2.61 bits per heavy atom. The van der Waals surface area contributed by atoms with Crippen molar-refractivity contribution < 1.29 is 19.7 Å². The summed E-state index contributed by atoms with van der Waals surface area (Å²) in [5.41, 5.74) is 0.435. The molecular weight excluding hydrogens is 234 g/mol. The van der Waals surface area contributed by atoms with Crippen molar-refractivity contribution in [3.8, 4) is 11.5 Å². The molecule has 98 valence electrons. The lowest BCUT2D eigenvalue weighted by atomic mass is 10.1. The van der Waals surface area contributed by atoms with E-state index in [1.54, 1.807) is 17.0 Å². The van der Waals surface area contributed by atoms with Crippen molar-refractivity contribution in [3.05, 3.63) is 23.8 Å². The molecule has 1 fully saturated rings. The van der Waals surface area contributed by atoms with E-state index >= 15 is 0 Å². The second-order valence-electron chi connectivity index (χ2n) is 4.41. The average Bonchev–Trinajstić information content (AvgIpc) is 2.38. The van der Waals surface area contributed by atoms with Crippen molar-refractivity contribution in [3.63, 3.8) is 0 Å². The second-order valence-corrected chi connectivity index (χ2v) is 4.41. The Bertz CT molecular complexity index is 439. The fraction of sp³-hybridized carbons (Fsp3) is 0.462. The molecule has 2 rings (SSSR count). The molecule has 1 aliphatic rings. The normalized spacial score (nSPS) is 16.7. The Morgan fingerprint density at radius 2 is 2.06 bits per heavy atom. The highest BCUT2D eigenvalue weighted by molar-refractivity contribution is 5.95. The van der Waals surface area contributed by atoms with Crippen molar-refractivity contribution >= 4 is 5.91 Å². The molecule has 1 aromatic carbocycles. The molecule has 0 unspecified atom stereocenters. The minimum Gasteiger partial charge on any atom is -0.504 e. The van der Waals surface area contributed by atoms with E-state index in [0.717, 1.165) is 0 Å². The van der Waals surface area contributed by atoms with Gasteiger partial charge in [-0.25, -0.2) is 0 Å². The van der Waals surface area contributed by atoms with Crippen LogP contribution in [-0.2, 0) is 0 Å². The van der Waals surface area contributed by atoms with Gasteiger partial charge >= 0.3 is 0 Å². The zero-order chi connectivity index (χ0) is 13.1. The molecule has 0 saturated carbocycles. The van der Waals surface area contributed by atoms with E-state index in [0.29, 0.717) is 37.2 Å². The second kappa shape index (κ2) is 5.27. The molecule has 0 aromatic heterocycles. The smallest absolute Gasteiger partial charge is 0.253 e. The predicted molar refractivity (Wildman–Crippen MR) is 65.8 cm³/mol. The van der Waals surface area contributed by atoms with Gasteiger partial charge in [0.15, 0.2) is 11.5 Å². The third-order valence-corrected chi connectivity index (χ3v) is 3.18. The number of methoxy groups -OCH3 is 1. The summed E-state index contributed by atoms with van der Waals surface area (Å²) in [7, 11) is 1.46. The number of amides is 1. The van der Waals surface area contributed by atoms with Crippen LogP contribution < -0.4 is 4.74 Å². The Hall–Kier alpha value is -1.75. The lowest BCUT2D eigenvalue weighted by Crippen LogP contribution is -2.40. The van der Waals surface area contributed by atoms with Crippen molar-refractivity contribution in [2.75, 3.05) is 20.2 Å². The number of benzene rings is 1. The maximum Gasteiger partial charge on any atom is 0.253 e. The summed E-state index contributed by atoms with van der Waals surface area (Å²) >= 11 is 0. The van der Waals surface area contributed by atoms with Crippen LogP contribution in [0.3, 0.4) is 0 Å². The van der Waals surface area contributed by atoms with Crippen LogP contribution in [-0.4, -0.2) is 47.3 Å². The molecule has 1 aliphatic heterocycles. The molecule has 0 bridgehead atoms. The van der Waals surface area contributed by atoms with Crippen molar-refractivity contribution in [1.82, 2.24) is 4.90 Å². The Balaban J connectivity index is 2.11. The number of nitrogens with zero attached hydrogens (tertiary/aromatic N) is 1. The molecule has 18 heavy (non-hydrogen) atoms. The summed E-state index contributed by atoms with van der Waals surface area (Å²) < 4.78 is 4.93. The standard InChI is InChI=1S/C13H17NO4/c1-18-12-3-2-9(8-11(12)16)13(17)14-6-4-10(15)5-7-14/h2-3,8,10,15-16H,4-7H2,1H3. The van der Waals surface area contributed by atoms with E-state index in [1.165, 1.54) is 13.2 Å². The van der Waals surface area contributed by atoms with Gasteiger partial charge in [-0.05, 0) is 31.0 Å². The van der Waals surface area contributed by atoms with Crippen LogP contribution in [0.5, 0.6) is 11.5 Å². The number of aliphatic hydroxyl groups excluding tert-OH is 1. The first-order chi connectivity index (χ1) is 8.61. The molecule has 1 amide bonds. The number of carbonyl (C=O) groups is 1. The van der Waals surface area contributed by atoms with E-state index < -0.39 is 0 Å². The number of carbonyl (C=O) groups excluding carboxylic acids is 1. The highest BCUT2D eigenvalue weighted by atomic mass is 16.5. The van der Waals surface area contributed by atoms with Crippen LogP contribution in [0.1, 0.15) is 23.2 Å². The third kappa shape index (κ3) is 2.56. The summed E-state index contributed by atoms with van der Waals surface area (Å²) in [6.45, 7) is 1.10. The fourth-order valence-electron chi connectivity index (χ4n) is 2.07. The number of rotatable bonds is 2. The molecule has 1 saturated heterocycles. The zero-order valence-corrected chi connectivity index (χ0v) is 10.3. The Labute approximate surface area is 106 Å². The van der Waals surface area contributed by atoms with Gasteiger partial charge in [-0.15, -0.1) is 0 Å². The van der Waals surface area contributed by atoms with Crippen LogP contribution in [0, 0.1) is 0 Å². The maximum atomic E-state index is 12.2. The third-order valence-electron chi connectivity index (χ3n) is 3.18. The van der Waals surface area contributed by atoms with Gasteiger partial charge in [0, 0.05) is 18.7 Å². The summed E-state index contributed by atoms with van der Waals surface area (Å²) in [5.74, 6) is 0.181. The molecule has 0 radical (unpaired) electrons. The number of aromatic hydroxyl groups is 1. The molecule has 5 heteroatoms. The Kier molecular flexibility index (Phi) is 3.72. The topological polar surface area (TPSA) is 70.0 Å². The monoisotopic (exact) mass is 251 g/mol. The first kappa shape index (κ1) is 12.7. The summed E-state index contributed by atoms with van der Waals surface area (Å²) in [6.07, 6.45) is 0.903. The first-order valence-corrected chi connectivity index (χ1v) is 5.96. The minimum absolute atomic E-state index is 0.0413. The van der Waals surface area contributed by atoms with Crippen LogP contribution in [0.4, 0.5) is 0 Å². The van der Waals surface area contributed by atoms with Crippen molar-refractivity contribution in [2.24, 2.45) is 0 Å². The number of piperidine rings is 1. The quantitative estimate of drug-likeness (QED) is 0.822. The van der Waals surface area contributed by atoms with E-state index in [-0.39, 0.29) is 17.8 Å². The molecule has 0 atom stereocenters. The lowest BCUT2D eigenvalue weighted by molar-refractivity contribution is 0.0546. The van der Waals surface area contributed by atoms with Crippen molar-refractivity contribution in [2.45, 2.75) is 18.9 Å². The largest absolute Gasteiger partial charge is 0.504 e. The summed E-state index contributed by atoms with van der Waals surface area (Å²) in [6, 6.07) is 4.61. The van der Waals surface area contributed by atoms with Crippen LogP contribution in [0.15, 0.2) is 18.2 Å². The number of phenols is 1. The molecular formula is C13H17NO4. The van der Waals surface area contributed by atoms with E-state index in [9.17, 15) is 15.0 Å². The molecule has 5 nitrogen and oxygen atoms in total. The van der Waals surface area contributed by atoms with Crippen LogP contribution in [0.2, 0.25) is 0 Å². The molecule has 0 aliphatic carbocycles. The first-order valence-electron chi connectivity index (χ1n) is 5.96. The minimum atomic E-state index is -0.307. The summed E-state index contributed by atoms with van der Waals surface area (Å²) in [5, 5.41) is 19.0. The van der Waals surface area contributed by atoms with E-state index in [1.807, 2.05) is 0 Å². The molecule has 0 spiro atoms. The van der Waals surface area contributed by atoms with Gasteiger partial charge in [0.2, 0.25) is 0 Å². The van der Waals surface area contributed by atoms with Gasteiger partial charge in [0.1, 0.15) is 0 Å². The molecule has 1 aromatic rings. The molecule has 2 N–H and O–H groups in total. The Morgan fingerprint density at radius 1 is 1.39 bits per heavy atom. The van der Waals surface area contributed by atoms with Gasteiger partial charge in [-0.2, -0.15) is 0 Å².